The lowest BCUT2D eigenvalue weighted by molar-refractivity contribution is 0.577. The zero-order valence-electron chi connectivity index (χ0n) is 18.5. The molecule has 0 saturated heterocycles. The number of aryl methyl sites for hydroxylation is 2. The van der Waals surface area contributed by atoms with Gasteiger partial charge in [0.15, 0.2) is 11.2 Å². The first-order chi connectivity index (χ1) is 14.6. The quantitative estimate of drug-likeness (QED) is 0.505. The van der Waals surface area contributed by atoms with Crippen molar-refractivity contribution in [3.8, 4) is 5.95 Å². The van der Waals surface area contributed by atoms with Gasteiger partial charge in [-0.3, -0.25) is 18.5 Å². The molecule has 0 bridgehead atoms. The fourth-order valence-corrected chi connectivity index (χ4v) is 3.79. The summed E-state index contributed by atoms with van der Waals surface area (Å²) in [6.07, 6.45) is 0. The van der Waals surface area contributed by atoms with Crippen LogP contribution in [0.5, 0.6) is 0 Å². The lowest BCUT2D eigenvalue weighted by Gasteiger charge is -2.14. The smallest absolute Gasteiger partial charge is 0.300 e. The Morgan fingerprint density at radius 2 is 1.71 bits per heavy atom. The molecule has 1 aromatic carbocycles. The molecule has 0 aliphatic carbocycles. The van der Waals surface area contributed by atoms with Gasteiger partial charge in [-0.25, -0.2) is 13.9 Å². The van der Waals surface area contributed by atoms with E-state index in [1.807, 2.05) is 39.2 Å². The summed E-state index contributed by atoms with van der Waals surface area (Å²) in [4.78, 5) is 31.2. The lowest BCUT2D eigenvalue weighted by atomic mass is 10.2. The van der Waals surface area contributed by atoms with Gasteiger partial charge in [0.05, 0.1) is 12.2 Å². The van der Waals surface area contributed by atoms with Gasteiger partial charge < -0.3 is 0 Å². The molecule has 3 heterocycles. The van der Waals surface area contributed by atoms with Gasteiger partial charge in [0.2, 0.25) is 5.95 Å². The minimum absolute atomic E-state index is 0.0410. The van der Waals surface area contributed by atoms with Gasteiger partial charge in [0, 0.05) is 18.8 Å². The minimum atomic E-state index is -0.480. The summed E-state index contributed by atoms with van der Waals surface area (Å²) in [5.41, 5.74) is 3.22. The SMILES string of the molecule is Cc1nn(-c2nc3c(c(=O)n(Cc4ccc(F)cc4)c(=O)n3C)n2C(C)C)c(C)c1C. The highest BCUT2D eigenvalue weighted by Gasteiger charge is 2.24. The van der Waals surface area contributed by atoms with Crippen LogP contribution in [0, 0.1) is 26.6 Å². The van der Waals surface area contributed by atoms with E-state index in [0.717, 1.165) is 21.5 Å². The maximum atomic E-state index is 13.5. The Labute approximate surface area is 178 Å². The molecule has 0 saturated carbocycles. The fourth-order valence-electron chi connectivity index (χ4n) is 3.79. The van der Waals surface area contributed by atoms with E-state index in [1.54, 1.807) is 23.9 Å². The van der Waals surface area contributed by atoms with Gasteiger partial charge in [-0.05, 0) is 57.9 Å². The third-order valence-corrected chi connectivity index (χ3v) is 5.77. The molecule has 4 rings (SSSR count). The van der Waals surface area contributed by atoms with Gasteiger partial charge in [0.25, 0.3) is 5.56 Å². The summed E-state index contributed by atoms with van der Waals surface area (Å²) in [6.45, 7) is 9.81. The number of imidazole rings is 1. The second-order valence-electron chi connectivity index (χ2n) is 8.11. The molecule has 0 amide bonds. The van der Waals surface area contributed by atoms with Crippen LogP contribution in [-0.2, 0) is 13.6 Å². The van der Waals surface area contributed by atoms with Crippen LogP contribution >= 0.6 is 0 Å². The van der Waals surface area contributed by atoms with Crippen LogP contribution in [0.1, 0.15) is 42.4 Å². The second-order valence-corrected chi connectivity index (χ2v) is 8.11. The van der Waals surface area contributed by atoms with Gasteiger partial charge in [-0.1, -0.05) is 12.1 Å². The van der Waals surface area contributed by atoms with E-state index >= 15 is 0 Å². The molecule has 31 heavy (non-hydrogen) atoms. The largest absolute Gasteiger partial charge is 0.332 e. The maximum absolute atomic E-state index is 13.5. The van der Waals surface area contributed by atoms with Gasteiger partial charge in [-0.2, -0.15) is 10.1 Å². The second kappa shape index (κ2) is 7.33. The highest BCUT2D eigenvalue weighted by atomic mass is 19.1. The number of halogens is 1. The van der Waals surface area contributed by atoms with Crippen LogP contribution in [0.4, 0.5) is 4.39 Å². The Morgan fingerprint density at radius 1 is 1.06 bits per heavy atom. The van der Waals surface area contributed by atoms with Crippen LogP contribution in [-0.4, -0.2) is 28.5 Å². The highest BCUT2D eigenvalue weighted by molar-refractivity contribution is 5.73. The number of hydrogen-bond donors (Lipinski definition) is 0. The third kappa shape index (κ3) is 3.20. The van der Waals surface area contributed by atoms with Crippen molar-refractivity contribution in [1.29, 1.82) is 0 Å². The summed E-state index contributed by atoms with van der Waals surface area (Å²) >= 11 is 0. The number of fused-ring (bicyclic) bond motifs is 1. The first-order valence-electron chi connectivity index (χ1n) is 10.1. The molecular weight excluding hydrogens is 399 g/mol. The molecule has 8 nitrogen and oxygen atoms in total. The molecule has 0 aliphatic heterocycles. The standard InChI is InChI=1S/C22H25FN6O2/c1-12(2)28-18-19(24-21(28)29-15(5)13(3)14(4)25-29)26(6)22(31)27(20(18)30)11-16-7-9-17(23)10-8-16/h7-10,12H,11H2,1-6H3. The zero-order chi connectivity index (χ0) is 22.6. The summed E-state index contributed by atoms with van der Waals surface area (Å²) in [5.74, 6) is 0.118. The van der Waals surface area contributed by atoms with Crippen LogP contribution in [0.2, 0.25) is 0 Å². The highest BCUT2D eigenvalue weighted by Crippen LogP contribution is 2.23. The zero-order valence-corrected chi connectivity index (χ0v) is 18.5. The Morgan fingerprint density at radius 3 is 2.26 bits per heavy atom. The first-order valence-corrected chi connectivity index (χ1v) is 10.1. The molecule has 4 aromatic rings. The van der Waals surface area contributed by atoms with Crippen molar-refractivity contribution in [2.75, 3.05) is 0 Å². The number of rotatable bonds is 4. The molecule has 0 spiro atoms. The predicted molar refractivity (Wildman–Crippen MR) is 116 cm³/mol. The number of nitrogens with zero attached hydrogens (tertiary/aromatic N) is 6. The number of hydrogen-bond acceptors (Lipinski definition) is 4. The van der Waals surface area contributed by atoms with E-state index in [4.69, 9.17) is 0 Å². The molecule has 0 unspecified atom stereocenters. The summed E-state index contributed by atoms with van der Waals surface area (Å²) in [6, 6.07) is 5.65. The fraction of sp³-hybridized carbons (Fsp3) is 0.364. The van der Waals surface area contributed by atoms with E-state index in [1.165, 1.54) is 16.7 Å². The Bertz CT molecular complexity index is 1420. The van der Waals surface area contributed by atoms with Gasteiger partial charge in [0.1, 0.15) is 5.82 Å². The Kier molecular flexibility index (Phi) is 4.91. The van der Waals surface area contributed by atoms with Crippen molar-refractivity contribution in [3.63, 3.8) is 0 Å². The van der Waals surface area contributed by atoms with E-state index < -0.39 is 11.2 Å². The number of benzene rings is 1. The minimum Gasteiger partial charge on any atom is -0.300 e. The van der Waals surface area contributed by atoms with Crippen molar-refractivity contribution in [1.82, 2.24) is 28.5 Å². The van der Waals surface area contributed by atoms with E-state index in [2.05, 4.69) is 10.1 Å². The van der Waals surface area contributed by atoms with Crippen molar-refractivity contribution in [3.05, 3.63) is 73.4 Å². The lowest BCUT2D eigenvalue weighted by Crippen LogP contribution is -2.40. The molecular formula is C22H25FN6O2. The topological polar surface area (TPSA) is 79.6 Å². The van der Waals surface area contributed by atoms with E-state index in [-0.39, 0.29) is 18.4 Å². The van der Waals surface area contributed by atoms with Crippen molar-refractivity contribution in [2.24, 2.45) is 7.05 Å². The number of aromatic nitrogens is 6. The Balaban J connectivity index is 2.03. The maximum Gasteiger partial charge on any atom is 0.332 e. The Hall–Kier alpha value is -3.49. The molecule has 0 N–H and O–H groups in total. The summed E-state index contributed by atoms with van der Waals surface area (Å²) < 4.78 is 19.3. The summed E-state index contributed by atoms with van der Waals surface area (Å²) in [7, 11) is 1.60. The van der Waals surface area contributed by atoms with Crippen LogP contribution in [0.3, 0.4) is 0 Å². The average Bonchev–Trinajstić information content (AvgIpc) is 3.25. The van der Waals surface area contributed by atoms with E-state index in [0.29, 0.717) is 22.7 Å². The van der Waals surface area contributed by atoms with Crippen molar-refractivity contribution < 1.29 is 4.39 Å². The molecule has 0 aliphatic rings. The van der Waals surface area contributed by atoms with E-state index in [9.17, 15) is 14.0 Å². The third-order valence-electron chi connectivity index (χ3n) is 5.77. The first kappa shape index (κ1) is 20.8. The van der Waals surface area contributed by atoms with Crippen LogP contribution in [0.15, 0.2) is 33.9 Å². The molecule has 162 valence electrons. The van der Waals surface area contributed by atoms with Crippen LogP contribution < -0.4 is 11.2 Å². The van der Waals surface area contributed by atoms with Crippen molar-refractivity contribution >= 4 is 11.2 Å². The summed E-state index contributed by atoms with van der Waals surface area (Å²) in [5, 5.41) is 4.60. The van der Waals surface area contributed by atoms with Gasteiger partial charge >= 0.3 is 5.69 Å². The monoisotopic (exact) mass is 424 g/mol. The van der Waals surface area contributed by atoms with Gasteiger partial charge in [-0.15, -0.1) is 0 Å². The molecule has 3 aromatic heterocycles. The van der Waals surface area contributed by atoms with Crippen LogP contribution in [0.25, 0.3) is 17.1 Å². The molecule has 0 radical (unpaired) electrons. The predicted octanol–water partition coefficient (Wildman–Crippen LogP) is 2.78. The average molecular weight is 424 g/mol. The molecule has 9 heteroatoms. The van der Waals surface area contributed by atoms with Crippen molar-refractivity contribution in [2.45, 2.75) is 47.2 Å². The molecule has 0 fully saturated rings. The normalized spacial score (nSPS) is 11.7. The molecule has 0 atom stereocenters.